The Morgan fingerprint density at radius 3 is 2.50 bits per heavy atom. The van der Waals surface area contributed by atoms with E-state index in [4.69, 9.17) is 27.9 Å². The number of carbonyl (C=O) groups is 2. The maximum atomic E-state index is 12.2. The molecule has 2 aromatic carbocycles. The van der Waals surface area contributed by atoms with Crippen LogP contribution in [-0.4, -0.2) is 18.9 Å². The summed E-state index contributed by atoms with van der Waals surface area (Å²) in [5.74, 6) is 0.0506. The molecule has 5 nitrogen and oxygen atoms in total. The number of nitrogens with one attached hydrogen (secondary N) is 2. The van der Waals surface area contributed by atoms with Gasteiger partial charge in [0.05, 0.1) is 12.1 Å². The Bertz CT molecular complexity index is 882. The minimum Gasteiger partial charge on any atom is -0.495 e. The number of unbranched alkanes of at least 4 members (excludes halogenated alkanes) is 1. The maximum absolute atomic E-state index is 12.2. The number of halogens is 2. The SMILES string of the molecule is CCCCC(=O)Nc1cccc(NC(=O)C=Cc2cc(Cl)cc(Cl)c2OC)c1. The molecule has 0 unspecified atom stereocenters. The highest BCUT2D eigenvalue weighted by atomic mass is 35.5. The van der Waals surface area contributed by atoms with Gasteiger partial charge in [-0.25, -0.2) is 0 Å². The van der Waals surface area contributed by atoms with E-state index < -0.39 is 0 Å². The fraction of sp³-hybridized carbons (Fsp3) is 0.238. The molecule has 148 valence electrons. The van der Waals surface area contributed by atoms with Gasteiger partial charge in [0.1, 0.15) is 5.75 Å². The molecule has 0 aliphatic rings. The summed E-state index contributed by atoms with van der Waals surface area (Å²) < 4.78 is 5.25. The first-order valence-corrected chi connectivity index (χ1v) is 9.60. The summed E-state index contributed by atoms with van der Waals surface area (Å²) in [7, 11) is 1.49. The molecule has 0 aromatic heterocycles. The number of hydrogen-bond donors (Lipinski definition) is 2. The topological polar surface area (TPSA) is 67.4 Å². The van der Waals surface area contributed by atoms with Gasteiger partial charge in [0.25, 0.3) is 0 Å². The third-order valence-corrected chi connectivity index (χ3v) is 4.33. The van der Waals surface area contributed by atoms with Gasteiger partial charge in [-0.3, -0.25) is 9.59 Å². The summed E-state index contributed by atoms with van der Waals surface area (Å²) in [6.45, 7) is 2.03. The van der Waals surface area contributed by atoms with Crippen LogP contribution in [0.25, 0.3) is 6.08 Å². The largest absolute Gasteiger partial charge is 0.495 e. The van der Waals surface area contributed by atoms with Gasteiger partial charge in [0, 0.05) is 34.5 Å². The van der Waals surface area contributed by atoms with Crippen LogP contribution >= 0.6 is 23.2 Å². The zero-order valence-corrected chi connectivity index (χ0v) is 17.2. The molecule has 0 saturated carbocycles. The molecule has 28 heavy (non-hydrogen) atoms. The predicted octanol–water partition coefficient (Wildman–Crippen LogP) is 5.78. The molecular weight excluding hydrogens is 399 g/mol. The van der Waals surface area contributed by atoms with Gasteiger partial charge >= 0.3 is 0 Å². The van der Waals surface area contributed by atoms with Gasteiger partial charge in [-0.05, 0) is 42.8 Å². The number of anilines is 2. The molecule has 0 aliphatic heterocycles. The van der Waals surface area contributed by atoms with Crippen LogP contribution in [0.4, 0.5) is 11.4 Å². The van der Waals surface area contributed by atoms with E-state index in [-0.39, 0.29) is 11.8 Å². The summed E-state index contributed by atoms with van der Waals surface area (Å²) in [5, 5.41) is 6.38. The van der Waals surface area contributed by atoms with Crippen LogP contribution in [0.1, 0.15) is 31.7 Å². The first kappa shape index (κ1) is 21.8. The summed E-state index contributed by atoms with van der Waals surface area (Å²) in [4.78, 5) is 24.1. The number of ether oxygens (including phenoxy) is 1. The van der Waals surface area contributed by atoms with Crippen LogP contribution in [0, 0.1) is 0 Å². The fourth-order valence-electron chi connectivity index (χ4n) is 2.50. The van der Waals surface area contributed by atoms with Crippen molar-refractivity contribution in [2.24, 2.45) is 0 Å². The minimum absolute atomic E-state index is 0.0462. The summed E-state index contributed by atoms with van der Waals surface area (Å²) in [5.41, 5.74) is 1.79. The zero-order chi connectivity index (χ0) is 20.5. The van der Waals surface area contributed by atoms with E-state index in [1.165, 1.54) is 13.2 Å². The first-order valence-electron chi connectivity index (χ1n) is 8.85. The number of benzene rings is 2. The van der Waals surface area contributed by atoms with E-state index in [1.54, 1.807) is 42.5 Å². The number of methoxy groups -OCH3 is 1. The second-order valence-electron chi connectivity index (χ2n) is 6.07. The van der Waals surface area contributed by atoms with Crippen molar-refractivity contribution in [3.63, 3.8) is 0 Å². The van der Waals surface area contributed by atoms with Crippen molar-refractivity contribution in [1.29, 1.82) is 0 Å². The maximum Gasteiger partial charge on any atom is 0.248 e. The molecule has 0 spiro atoms. The van der Waals surface area contributed by atoms with Gasteiger partial charge in [-0.2, -0.15) is 0 Å². The van der Waals surface area contributed by atoms with Gasteiger partial charge in [0.15, 0.2) is 0 Å². The minimum atomic E-state index is -0.340. The third kappa shape index (κ3) is 6.59. The molecule has 0 atom stereocenters. The normalized spacial score (nSPS) is 10.7. The second kappa shape index (κ2) is 10.7. The Kier molecular flexibility index (Phi) is 8.36. The molecule has 7 heteroatoms. The molecule has 2 aromatic rings. The highest BCUT2D eigenvalue weighted by Crippen LogP contribution is 2.33. The van der Waals surface area contributed by atoms with Crippen LogP contribution in [0.2, 0.25) is 10.0 Å². The van der Waals surface area contributed by atoms with Gasteiger partial charge in [0.2, 0.25) is 11.8 Å². The van der Waals surface area contributed by atoms with E-state index in [1.807, 2.05) is 6.92 Å². The second-order valence-corrected chi connectivity index (χ2v) is 6.91. The van der Waals surface area contributed by atoms with Gasteiger partial charge < -0.3 is 15.4 Å². The van der Waals surface area contributed by atoms with E-state index in [0.29, 0.717) is 39.2 Å². The van der Waals surface area contributed by atoms with Crippen LogP contribution in [0.3, 0.4) is 0 Å². The van der Waals surface area contributed by atoms with Crippen LogP contribution in [-0.2, 0) is 9.59 Å². The smallest absolute Gasteiger partial charge is 0.248 e. The molecule has 0 saturated heterocycles. The lowest BCUT2D eigenvalue weighted by molar-refractivity contribution is -0.116. The van der Waals surface area contributed by atoms with Crippen LogP contribution in [0.5, 0.6) is 5.75 Å². The summed E-state index contributed by atoms with van der Waals surface area (Å²) >= 11 is 12.1. The predicted molar refractivity (Wildman–Crippen MR) is 115 cm³/mol. The fourth-order valence-corrected chi connectivity index (χ4v) is 3.09. The molecule has 0 bridgehead atoms. The number of carbonyl (C=O) groups excluding carboxylic acids is 2. The Morgan fingerprint density at radius 2 is 1.82 bits per heavy atom. The third-order valence-electron chi connectivity index (χ3n) is 3.83. The monoisotopic (exact) mass is 420 g/mol. The Hall–Kier alpha value is -2.50. The van der Waals surface area contributed by atoms with Gasteiger partial charge in [-0.1, -0.05) is 42.6 Å². The average Bonchev–Trinajstić information content (AvgIpc) is 2.64. The van der Waals surface area contributed by atoms with E-state index in [0.717, 1.165) is 12.8 Å². The van der Waals surface area contributed by atoms with E-state index in [9.17, 15) is 9.59 Å². The number of hydrogen-bond acceptors (Lipinski definition) is 3. The Balaban J connectivity index is 2.05. The van der Waals surface area contributed by atoms with E-state index in [2.05, 4.69) is 10.6 Å². The Morgan fingerprint density at radius 1 is 1.11 bits per heavy atom. The molecular formula is C21H22Cl2N2O3. The summed E-state index contributed by atoms with van der Waals surface area (Å²) in [6, 6.07) is 10.2. The van der Waals surface area contributed by atoms with Crippen molar-refractivity contribution in [1.82, 2.24) is 0 Å². The Labute approximate surface area is 174 Å². The first-order chi connectivity index (χ1) is 13.4. The lowest BCUT2D eigenvalue weighted by Crippen LogP contribution is -2.12. The zero-order valence-electron chi connectivity index (χ0n) is 15.7. The molecule has 2 N–H and O–H groups in total. The molecule has 0 radical (unpaired) electrons. The molecule has 2 rings (SSSR count). The molecule has 0 aliphatic carbocycles. The van der Waals surface area contributed by atoms with Crippen LogP contribution in [0.15, 0.2) is 42.5 Å². The van der Waals surface area contributed by atoms with Crippen LogP contribution < -0.4 is 15.4 Å². The van der Waals surface area contributed by atoms with Crippen molar-refractivity contribution in [2.75, 3.05) is 17.7 Å². The molecule has 0 heterocycles. The van der Waals surface area contributed by atoms with Crippen molar-refractivity contribution >= 4 is 52.5 Å². The van der Waals surface area contributed by atoms with Crippen molar-refractivity contribution < 1.29 is 14.3 Å². The standard InChI is InChI=1S/C21H22Cl2N2O3/c1-3-4-8-19(26)24-16-6-5-7-17(13-16)25-20(27)10-9-14-11-15(22)12-18(23)21(14)28-2/h5-7,9-13H,3-4,8H2,1-2H3,(H,24,26)(H,25,27). The summed E-state index contributed by atoms with van der Waals surface area (Å²) in [6.07, 6.45) is 5.20. The quantitative estimate of drug-likeness (QED) is 0.531. The molecule has 2 amide bonds. The van der Waals surface area contributed by atoms with Crippen molar-refractivity contribution in [2.45, 2.75) is 26.2 Å². The number of amides is 2. The average molecular weight is 421 g/mol. The van der Waals surface area contributed by atoms with Crippen molar-refractivity contribution in [3.8, 4) is 5.75 Å². The highest BCUT2D eigenvalue weighted by molar-refractivity contribution is 6.36. The lowest BCUT2D eigenvalue weighted by atomic mass is 10.2. The number of rotatable bonds is 8. The highest BCUT2D eigenvalue weighted by Gasteiger charge is 2.08. The molecule has 0 fully saturated rings. The van der Waals surface area contributed by atoms with Crippen molar-refractivity contribution in [3.05, 3.63) is 58.1 Å². The van der Waals surface area contributed by atoms with E-state index >= 15 is 0 Å². The van der Waals surface area contributed by atoms with Gasteiger partial charge in [-0.15, -0.1) is 0 Å². The lowest BCUT2D eigenvalue weighted by Gasteiger charge is -2.09.